The van der Waals surface area contributed by atoms with E-state index in [0.717, 1.165) is 59.0 Å². The summed E-state index contributed by atoms with van der Waals surface area (Å²) < 4.78 is 7.39. The van der Waals surface area contributed by atoms with Gasteiger partial charge in [0.2, 0.25) is 11.8 Å². The lowest BCUT2D eigenvalue weighted by Crippen LogP contribution is -2.57. The molecule has 4 heterocycles. The fourth-order valence-electron chi connectivity index (χ4n) is 5.81. The number of carbonyl (C=O) groups is 3. The van der Waals surface area contributed by atoms with Crippen LogP contribution in [0.4, 0.5) is 0 Å². The molecule has 0 N–H and O–H groups in total. The van der Waals surface area contributed by atoms with Crippen molar-refractivity contribution in [2.24, 2.45) is 0 Å². The van der Waals surface area contributed by atoms with E-state index in [4.69, 9.17) is 4.74 Å². The highest BCUT2D eigenvalue weighted by Crippen LogP contribution is 2.36. The van der Waals surface area contributed by atoms with Crippen molar-refractivity contribution in [2.45, 2.75) is 69.6 Å². The predicted molar refractivity (Wildman–Crippen MR) is 133 cm³/mol. The Morgan fingerprint density at radius 1 is 0.944 bits per heavy atom. The Bertz CT molecular complexity index is 1180. The van der Waals surface area contributed by atoms with Crippen LogP contribution in [0.1, 0.15) is 72.6 Å². The van der Waals surface area contributed by atoms with Gasteiger partial charge in [0, 0.05) is 55.8 Å². The molecular formula is C26H28BrN5O4. The van der Waals surface area contributed by atoms with Crippen molar-refractivity contribution < 1.29 is 19.1 Å². The summed E-state index contributed by atoms with van der Waals surface area (Å²) >= 11 is 3.39. The van der Waals surface area contributed by atoms with E-state index in [1.54, 1.807) is 18.5 Å². The molecule has 1 aromatic carbocycles. The lowest BCUT2D eigenvalue weighted by atomic mass is 9.86. The van der Waals surface area contributed by atoms with Crippen molar-refractivity contribution in [1.29, 1.82) is 0 Å². The van der Waals surface area contributed by atoms with Gasteiger partial charge in [0.25, 0.3) is 5.91 Å². The van der Waals surface area contributed by atoms with E-state index in [1.165, 1.54) is 11.4 Å². The summed E-state index contributed by atoms with van der Waals surface area (Å²) in [5, 5.41) is 2.32. The molecule has 4 aliphatic rings. The molecule has 0 bridgehead atoms. The average molecular weight is 554 g/mol. The standard InChI is InChI=1S/C26H28BrN5O4/c27-18-11-28-25(29-12-18)17-13-30(14-17)21-4-1-2-5-22(21)36-19-8-9-20-16(10-19)15-31(26(20)35)32-23(33)6-3-7-24(32)34/h8-12,17,21-22H,1-7,13-15H2/t21-,22+/m0/s1. The monoisotopic (exact) mass is 553 g/mol. The number of hydrogen-bond acceptors (Lipinski definition) is 7. The molecule has 2 saturated heterocycles. The van der Waals surface area contributed by atoms with Gasteiger partial charge in [-0.3, -0.25) is 19.3 Å². The third kappa shape index (κ3) is 4.30. The Hall–Kier alpha value is -2.85. The molecule has 0 spiro atoms. The molecule has 2 atom stereocenters. The van der Waals surface area contributed by atoms with Gasteiger partial charge in [-0.2, -0.15) is 5.01 Å². The van der Waals surface area contributed by atoms with Crippen LogP contribution in [0.25, 0.3) is 0 Å². The summed E-state index contributed by atoms with van der Waals surface area (Å²) in [5.74, 6) is 1.03. The van der Waals surface area contributed by atoms with Gasteiger partial charge in [-0.15, -0.1) is 0 Å². The van der Waals surface area contributed by atoms with Crippen molar-refractivity contribution in [2.75, 3.05) is 13.1 Å². The second-order valence-corrected chi connectivity index (χ2v) is 11.0. The summed E-state index contributed by atoms with van der Waals surface area (Å²) in [6, 6.07) is 5.82. The van der Waals surface area contributed by atoms with Gasteiger partial charge in [0.1, 0.15) is 17.7 Å². The molecule has 36 heavy (non-hydrogen) atoms. The van der Waals surface area contributed by atoms with Crippen LogP contribution in [0.5, 0.6) is 5.75 Å². The number of aromatic nitrogens is 2. The molecular weight excluding hydrogens is 526 g/mol. The van der Waals surface area contributed by atoms with Crippen molar-refractivity contribution in [3.05, 3.63) is 52.0 Å². The van der Waals surface area contributed by atoms with E-state index in [2.05, 4.69) is 30.8 Å². The van der Waals surface area contributed by atoms with E-state index < -0.39 is 0 Å². The number of nitrogens with zero attached hydrogens (tertiary/aromatic N) is 5. The topological polar surface area (TPSA) is 95.9 Å². The second kappa shape index (κ2) is 9.55. The van der Waals surface area contributed by atoms with Gasteiger partial charge in [-0.05, 0) is 65.4 Å². The SMILES string of the molecule is O=C1c2ccc(O[C@@H]3CCCC[C@@H]3N3CC(c4ncc(Br)cn4)C3)cc2CN1N1C(=O)CCCC1=O. The van der Waals surface area contributed by atoms with E-state index in [9.17, 15) is 14.4 Å². The summed E-state index contributed by atoms with van der Waals surface area (Å²) in [6.45, 7) is 2.06. The molecule has 2 aromatic rings. The number of amides is 3. The zero-order valence-electron chi connectivity index (χ0n) is 19.9. The largest absolute Gasteiger partial charge is 0.489 e. The maximum atomic E-state index is 13.0. The highest BCUT2D eigenvalue weighted by atomic mass is 79.9. The summed E-state index contributed by atoms with van der Waals surface area (Å²) in [7, 11) is 0. The summed E-state index contributed by atoms with van der Waals surface area (Å²) in [5.41, 5.74) is 1.31. The molecule has 188 valence electrons. The highest BCUT2D eigenvalue weighted by molar-refractivity contribution is 9.10. The lowest BCUT2D eigenvalue weighted by molar-refractivity contribution is -0.163. The van der Waals surface area contributed by atoms with E-state index in [-0.39, 0.29) is 43.2 Å². The van der Waals surface area contributed by atoms with E-state index in [1.807, 2.05) is 12.1 Å². The average Bonchev–Trinajstić information content (AvgIpc) is 3.15. The fourth-order valence-corrected chi connectivity index (χ4v) is 6.02. The second-order valence-electron chi connectivity index (χ2n) is 10.1. The first-order chi connectivity index (χ1) is 17.5. The van der Waals surface area contributed by atoms with Gasteiger partial charge in [0.15, 0.2) is 0 Å². The van der Waals surface area contributed by atoms with Crippen LogP contribution < -0.4 is 4.74 Å². The number of hydrazine groups is 1. The van der Waals surface area contributed by atoms with Crippen LogP contribution in [0.3, 0.4) is 0 Å². The van der Waals surface area contributed by atoms with Crippen LogP contribution in [0.2, 0.25) is 0 Å². The minimum atomic E-state index is -0.310. The van der Waals surface area contributed by atoms with Gasteiger partial charge in [-0.25, -0.2) is 15.0 Å². The molecule has 3 aliphatic heterocycles. The molecule has 10 heteroatoms. The van der Waals surface area contributed by atoms with E-state index in [0.29, 0.717) is 23.9 Å². The molecule has 1 aliphatic carbocycles. The van der Waals surface area contributed by atoms with Gasteiger partial charge in [-0.1, -0.05) is 6.42 Å². The normalized spacial score (nSPS) is 25.2. The third-order valence-electron chi connectivity index (χ3n) is 7.70. The minimum Gasteiger partial charge on any atom is -0.489 e. The zero-order valence-corrected chi connectivity index (χ0v) is 21.5. The van der Waals surface area contributed by atoms with Crippen LogP contribution in [0, 0.1) is 0 Å². The maximum Gasteiger partial charge on any atom is 0.273 e. The summed E-state index contributed by atoms with van der Waals surface area (Å²) in [4.78, 5) is 49.1. The first-order valence-corrected chi connectivity index (χ1v) is 13.5. The molecule has 0 radical (unpaired) electrons. The molecule has 1 saturated carbocycles. The number of rotatable bonds is 5. The van der Waals surface area contributed by atoms with Crippen LogP contribution in [-0.2, 0) is 16.1 Å². The number of fused-ring (bicyclic) bond motifs is 1. The number of likely N-dealkylation sites (tertiary alicyclic amines) is 1. The Labute approximate surface area is 217 Å². The quantitative estimate of drug-likeness (QED) is 0.523. The van der Waals surface area contributed by atoms with Crippen molar-refractivity contribution in [3.8, 4) is 5.75 Å². The number of ether oxygens (including phenoxy) is 1. The maximum absolute atomic E-state index is 13.0. The predicted octanol–water partition coefficient (Wildman–Crippen LogP) is 3.44. The molecule has 9 nitrogen and oxygen atoms in total. The van der Waals surface area contributed by atoms with Crippen LogP contribution in [0.15, 0.2) is 35.1 Å². The Kier molecular flexibility index (Phi) is 6.25. The van der Waals surface area contributed by atoms with E-state index >= 15 is 0 Å². The summed E-state index contributed by atoms with van der Waals surface area (Å²) in [6.07, 6.45) is 9.18. The Morgan fingerprint density at radius 3 is 2.42 bits per heavy atom. The molecule has 6 rings (SSSR count). The first-order valence-electron chi connectivity index (χ1n) is 12.7. The van der Waals surface area contributed by atoms with Crippen molar-refractivity contribution in [1.82, 2.24) is 24.9 Å². The first kappa shape index (κ1) is 23.5. The number of imide groups is 1. The third-order valence-corrected chi connectivity index (χ3v) is 8.11. The number of benzene rings is 1. The van der Waals surface area contributed by atoms with Crippen molar-refractivity contribution in [3.63, 3.8) is 0 Å². The number of halogens is 1. The van der Waals surface area contributed by atoms with Gasteiger partial charge < -0.3 is 4.74 Å². The minimum absolute atomic E-state index is 0.0713. The number of piperidine rings is 1. The fraction of sp³-hybridized carbons (Fsp3) is 0.500. The molecule has 3 amide bonds. The molecule has 3 fully saturated rings. The van der Waals surface area contributed by atoms with Gasteiger partial charge in [0.05, 0.1) is 11.0 Å². The lowest BCUT2D eigenvalue weighted by Gasteiger charge is -2.47. The molecule has 0 unspecified atom stereocenters. The highest BCUT2D eigenvalue weighted by Gasteiger charge is 2.41. The van der Waals surface area contributed by atoms with Crippen LogP contribution in [-0.4, -0.2) is 67.8 Å². The smallest absolute Gasteiger partial charge is 0.273 e. The molecule has 1 aromatic heterocycles. The Balaban J connectivity index is 1.13. The number of carbonyl (C=O) groups excluding carboxylic acids is 3. The zero-order chi connectivity index (χ0) is 24.8. The number of hydrogen-bond donors (Lipinski definition) is 0. The Morgan fingerprint density at radius 2 is 1.67 bits per heavy atom. The van der Waals surface area contributed by atoms with Crippen LogP contribution >= 0.6 is 15.9 Å². The van der Waals surface area contributed by atoms with Crippen molar-refractivity contribution >= 4 is 33.7 Å². The van der Waals surface area contributed by atoms with Gasteiger partial charge >= 0.3 is 0 Å².